The largest absolute Gasteiger partial charge is 0.368 e. The maximum absolute atomic E-state index is 10.3. The van der Waals surface area contributed by atoms with Crippen LogP contribution in [0, 0.1) is 4.91 Å². The Kier molecular flexibility index (Phi) is 1.29. The second-order valence-electron chi connectivity index (χ2n) is 2.25. The Morgan fingerprint density at radius 1 is 1.42 bits per heavy atom. The molecule has 7 heteroatoms. The molecule has 4 N–H and O–H groups in total. The Morgan fingerprint density at radius 2 is 2.25 bits per heavy atom. The van der Waals surface area contributed by atoms with Crippen molar-refractivity contribution >= 4 is 23.3 Å². The molecule has 12 heavy (non-hydrogen) atoms. The quantitative estimate of drug-likeness (QED) is 0.516. The van der Waals surface area contributed by atoms with Crippen LogP contribution in [-0.2, 0) is 0 Å². The van der Waals surface area contributed by atoms with Gasteiger partial charge in [0.2, 0.25) is 11.8 Å². The van der Waals surface area contributed by atoms with Crippen LogP contribution in [0.5, 0.6) is 0 Å². The van der Waals surface area contributed by atoms with Gasteiger partial charge in [0, 0.05) is 0 Å². The number of hydrogen-bond donors (Lipinski definition) is 3. The SMILES string of the molecule is Nc1nc(N=O)c2c(n1)NCN2. The van der Waals surface area contributed by atoms with E-state index < -0.39 is 0 Å². The van der Waals surface area contributed by atoms with Gasteiger partial charge in [-0.1, -0.05) is 0 Å². The molecule has 0 spiro atoms. The summed E-state index contributed by atoms with van der Waals surface area (Å²) in [6.45, 7) is 0.510. The average Bonchev–Trinajstić information content (AvgIpc) is 2.50. The number of rotatable bonds is 1. The molecule has 0 amide bonds. The number of nitrogens with two attached hydrogens (primary N) is 1. The highest BCUT2D eigenvalue weighted by Crippen LogP contribution is 2.32. The normalized spacial score (nSPS) is 13.0. The fourth-order valence-electron chi connectivity index (χ4n) is 1.04. The van der Waals surface area contributed by atoms with E-state index in [0.717, 1.165) is 0 Å². The predicted octanol–water partition coefficient (Wildman–Crippen LogP) is 0.252. The lowest BCUT2D eigenvalue weighted by molar-refractivity contribution is 1.18. The van der Waals surface area contributed by atoms with Gasteiger partial charge >= 0.3 is 0 Å². The molecule has 1 aromatic rings. The van der Waals surface area contributed by atoms with Crippen molar-refractivity contribution in [3.05, 3.63) is 4.91 Å². The summed E-state index contributed by atoms with van der Waals surface area (Å²) in [5.41, 5.74) is 5.83. The maximum atomic E-state index is 10.3. The molecule has 0 radical (unpaired) electrons. The molecule has 7 nitrogen and oxygen atoms in total. The monoisotopic (exact) mass is 166 g/mol. The molecule has 0 saturated heterocycles. The topological polar surface area (TPSA) is 105 Å². The number of hydrogen-bond acceptors (Lipinski definition) is 7. The van der Waals surface area contributed by atoms with E-state index in [0.29, 0.717) is 18.2 Å². The molecule has 0 aromatic carbocycles. The molecule has 1 aliphatic heterocycles. The number of anilines is 3. The summed E-state index contributed by atoms with van der Waals surface area (Å²) in [6, 6.07) is 0. The van der Waals surface area contributed by atoms with Crippen molar-refractivity contribution in [2.45, 2.75) is 0 Å². The Bertz CT molecular complexity index is 337. The van der Waals surface area contributed by atoms with Gasteiger partial charge < -0.3 is 16.4 Å². The van der Waals surface area contributed by atoms with Gasteiger partial charge in [-0.15, -0.1) is 4.91 Å². The van der Waals surface area contributed by atoms with Gasteiger partial charge in [-0.05, 0) is 5.18 Å². The summed E-state index contributed by atoms with van der Waals surface area (Å²) in [5.74, 6) is 0.610. The van der Waals surface area contributed by atoms with Gasteiger partial charge in [0.1, 0.15) is 5.69 Å². The third-order valence-electron chi connectivity index (χ3n) is 1.51. The lowest BCUT2D eigenvalue weighted by atomic mass is 10.4. The highest BCUT2D eigenvalue weighted by atomic mass is 16.3. The number of nitrogens with zero attached hydrogens (tertiary/aromatic N) is 3. The lowest BCUT2D eigenvalue weighted by Crippen LogP contribution is -1.99. The van der Waals surface area contributed by atoms with E-state index in [2.05, 4.69) is 25.8 Å². The minimum Gasteiger partial charge on any atom is -0.368 e. The summed E-state index contributed by atoms with van der Waals surface area (Å²) < 4.78 is 0. The summed E-state index contributed by atoms with van der Waals surface area (Å²) in [6.07, 6.45) is 0. The molecule has 1 aliphatic rings. The Morgan fingerprint density at radius 3 is 3.00 bits per heavy atom. The van der Waals surface area contributed by atoms with Crippen LogP contribution in [0.1, 0.15) is 0 Å². The van der Waals surface area contributed by atoms with Crippen LogP contribution in [0.2, 0.25) is 0 Å². The second-order valence-corrected chi connectivity index (χ2v) is 2.25. The molecule has 1 aromatic heterocycles. The molecule has 0 unspecified atom stereocenters. The maximum Gasteiger partial charge on any atom is 0.227 e. The number of aromatic nitrogens is 2. The zero-order chi connectivity index (χ0) is 8.55. The smallest absolute Gasteiger partial charge is 0.227 e. The van der Waals surface area contributed by atoms with Gasteiger partial charge in [0.25, 0.3) is 0 Å². The van der Waals surface area contributed by atoms with Crippen molar-refractivity contribution in [3.63, 3.8) is 0 Å². The molecular weight excluding hydrogens is 160 g/mol. The zero-order valence-electron chi connectivity index (χ0n) is 6.03. The third kappa shape index (κ3) is 0.831. The van der Waals surface area contributed by atoms with E-state index in [-0.39, 0.29) is 11.8 Å². The second kappa shape index (κ2) is 2.29. The van der Waals surface area contributed by atoms with E-state index in [9.17, 15) is 4.91 Å². The standard InChI is InChI=1S/C5H6N6O/c6-5-9-3-2(7-1-8-3)4(10-5)11-12/h7H,1H2,(H3,6,8,9,10). The summed E-state index contributed by atoms with van der Waals surface area (Å²) in [4.78, 5) is 17.8. The first-order chi connectivity index (χ1) is 5.81. The Hall–Kier alpha value is -1.92. The van der Waals surface area contributed by atoms with Crippen LogP contribution in [-0.4, -0.2) is 16.6 Å². The first kappa shape index (κ1) is 6.77. The molecular formula is C5H6N6O. The Labute approximate surface area is 67.4 Å². The summed E-state index contributed by atoms with van der Waals surface area (Å²) >= 11 is 0. The molecule has 0 fully saturated rings. The van der Waals surface area contributed by atoms with Crippen LogP contribution in [0.25, 0.3) is 0 Å². The first-order valence-corrected chi connectivity index (χ1v) is 3.30. The number of nitrogens with one attached hydrogen (secondary N) is 2. The van der Waals surface area contributed by atoms with Crippen LogP contribution in [0.4, 0.5) is 23.3 Å². The lowest BCUT2D eigenvalue weighted by Gasteiger charge is -1.99. The van der Waals surface area contributed by atoms with Crippen molar-refractivity contribution in [3.8, 4) is 0 Å². The van der Waals surface area contributed by atoms with E-state index in [1.54, 1.807) is 0 Å². The molecule has 62 valence electrons. The van der Waals surface area contributed by atoms with Gasteiger partial charge in [-0.25, -0.2) is 0 Å². The highest BCUT2D eigenvalue weighted by molar-refractivity contribution is 5.79. The third-order valence-corrected chi connectivity index (χ3v) is 1.51. The van der Waals surface area contributed by atoms with Gasteiger partial charge in [0.05, 0.1) is 6.67 Å². The van der Waals surface area contributed by atoms with Gasteiger partial charge in [-0.3, -0.25) is 0 Å². The van der Waals surface area contributed by atoms with E-state index in [1.807, 2.05) is 0 Å². The summed E-state index contributed by atoms with van der Waals surface area (Å²) in [7, 11) is 0. The van der Waals surface area contributed by atoms with E-state index in [1.165, 1.54) is 0 Å². The Balaban J connectivity index is 2.62. The van der Waals surface area contributed by atoms with Crippen LogP contribution in [0.15, 0.2) is 5.18 Å². The molecule has 0 aliphatic carbocycles. The highest BCUT2D eigenvalue weighted by Gasteiger charge is 2.17. The molecule has 2 heterocycles. The predicted molar refractivity (Wildman–Crippen MR) is 44.0 cm³/mol. The van der Waals surface area contributed by atoms with E-state index >= 15 is 0 Å². The van der Waals surface area contributed by atoms with Crippen molar-refractivity contribution < 1.29 is 0 Å². The molecule has 0 bridgehead atoms. The number of fused-ring (bicyclic) bond motifs is 1. The summed E-state index contributed by atoms with van der Waals surface area (Å²) in [5, 5.41) is 8.46. The van der Waals surface area contributed by atoms with Crippen molar-refractivity contribution in [2.24, 2.45) is 5.18 Å². The van der Waals surface area contributed by atoms with Crippen molar-refractivity contribution in [1.29, 1.82) is 0 Å². The molecule has 0 atom stereocenters. The van der Waals surface area contributed by atoms with Gasteiger partial charge in [0.15, 0.2) is 5.82 Å². The van der Waals surface area contributed by atoms with Crippen molar-refractivity contribution in [1.82, 2.24) is 9.97 Å². The van der Waals surface area contributed by atoms with Crippen LogP contribution < -0.4 is 16.4 Å². The van der Waals surface area contributed by atoms with Crippen LogP contribution >= 0.6 is 0 Å². The molecule has 0 saturated carbocycles. The van der Waals surface area contributed by atoms with Crippen LogP contribution in [0.3, 0.4) is 0 Å². The van der Waals surface area contributed by atoms with Gasteiger partial charge in [-0.2, -0.15) is 9.97 Å². The van der Waals surface area contributed by atoms with E-state index in [4.69, 9.17) is 5.73 Å². The van der Waals surface area contributed by atoms with Crippen molar-refractivity contribution in [2.75, 3.05) is 23.0 Å². The number of nitrogen functional groups attached to an aromatic ring is 1. The first-order valence-electron chi connectivity index (χ1n) is 3.30. The fraction of sp³-hybridized carbons (Fsp3) is 0.200. The zero-order valence-corrected chi connectivity index (χ0v) is 6.03. The minimum absolute atomic E-state index is 0.0413. The fourth-order valence-corrected chi connectivity index (χ4v) is 1.04. The number of nitroso groups, excluding NO2 is 1. The molecule has 2 rings (SSSR count). The average molecular weight is 166 g/mol. The minimum atomic E-state index is 0.0413.